The number of benzene rings is 2. The predicted molar refractivity (Wildman–Crippen MR) is 112 cm³/mol. The van der Waals surface area contributed by atoms with Crippen LogP contribution < -0.4 is 11.1 Å². The van der Waals surface area contributed by atoms with Crippen LogP contribution in [0.15, 0.2) is 53.0 Å². The molecule has 1 heterocycles. The molecule has 0 spiro atoms. The number of aromatic carboxylic acids is 1. The number of primary amides is 1. The zero-order chi connectivity index (χ0) is 22.0. The van der Waals surface area contributed by atoms with Crippen molar-refractivity contribution in [3.05, 3.63) is 74.8 Å². The minimum Gasteiger partial charge on any atom is -0.508 e. The molecule has 0 radical (unpaired) electrons. The number of nitrogens with zero attached hydrogens (tertiary/aromatic N) is 2. The van der Waals surface area contributed by atoms with Crippen molar-refractivity contribution in [1.82, 2.24) is 9.78 Å². The number of phenolic OH excluding ortho intramolecular Hbond substituents is 1. The lowest BCUT2D eigenvalue weighted by Gasteiger charge is -2.18. The Hall–Kier alpha value is -3.37. The molecule has 0 aliphatic carbocycles. The van der Waals surface area contributed by atoms with Crippen LogP contribution in [0, 0.1) is 0 Å². The number of nitrogens with one attached hydrogen (secondary N) is 1. The lowest BCUT2D eigenvalue weighted by Crippen LogP contribution is -2.30. The van der Waals surface area contributed by atoms with Gasteiger partial charge in [0.2, 0.25) is 5.91 Å². The number of carboxylic acids is 1. The number of hydrogen-bond acceptors (Lipinski definition) is 5. The van der Waals surface area contributed by atoms with E-state index in [2.05, 4.69) is 26.3 Å². The first-order valence-electron chi connectivity index (χ1n) is 8.36. The van der Waals surface area contributed by atoms with Gasteiger partial charge in [-0.05, 0) is 45.8 Å². The highest BCUT2D eigenvalue weighted by Gasteiger charge is 2.30. The van der Waals surface area contributed by atoms with Crippen molar-refractivity contribution >= 4 is 51.1 Å². The third kappa shape index (κ3) is 4.14. The zero-order valence-electron chi connectivity index (χ0n) is 15.0. The number of carboxylic acid groups (broad SMARTS) is 1. The van der Waals surface area contributed by atoms with Gasteiger partial charge in [0.1, 0.15) is 11.6 Å². The SMILES string of the molecule is NC(=O)C(c1ccc(O)cc1)n1nc(C(=O)O)c(Br)c1NC(=O)c1ccccc1Cl. The van der Waals surface area contributed by atoms with Crippen LogP contribution in [0.2, 0.25) is 5.02 Å². The summed E-state index contributed by atoms with van der Waals surface area (Å²) in [6.07, 6.45) is 0. The van der Waals surface area contributed by atoms with Gasteiger partial charge in [0, 0.05) is 0 Å². The Morgan fingerprint density at radius 2 is 1.77 bits per heavy atom. The number of carbonyl (C=O) groups excluding carboxylic acids is 2. The standard InChI is InChI=1S/C19H14BrClN4O5/c20-13-14(19(29)30)24-25(15(16(22)27)9-5-7-10(26)8-6-9)17(13)23-18(28)11-3-1-2-4-12(11)21/h1-8,15,26H,(H2,22,27)(H,23,28)(H,29,30). The molecule has 0 aliphatic rings. The number of aromatic nitrogens is 2. The minimum absolute atomic E-state index is 0.0397. The second-order valence-electron chi connectivity index (χ2n) is 6.09. The molecule has 5 N–H and O–H groups in total. The summed E-state index contributed by atoms with van der Waals surface area (Å²) in [7, 11) is 0. The Labute approximate surface area is 183 Å². The van der Waals surface area contributed by atoms with Gasteiger partial charge >= 0.3 is 5.97 Å². The molecule has 3 rings (SSSR count). The van der Waals surface area contributed by atoms with Gasteiger partial charge in [-0.2, -0.15) is 5.10 Å². The monoisotopic (exact) mass is 492 g/mol. The van der Waals surface area contributed by atoms with Gasteiger partial charge in [-0.3, -0.25) is 9.59 Å². The van der Waals surface area contributed by atoms with Crippen LogP contribution in [-0.4, -0.2) is 37.8 Å². The molecule has 154 valence electrons. The van der Waals surface area contributed by atoms with Crippen molar-refractivity contribution in [1.29, 1.82) is 0 Å². The Kier molecular flexibility index (Phi) is 6.09. The van der Waals surface area contributed by atoms with Crippen LogP contribution in [0.5, 0.6) is 5.75 Å². The number of nitrogens with two attached hydrogens (primary N) is 1. The molecular weight excluding hydrogens is 480 g/mol. The Bertz CT molecular complexity index is 1150. The van der Waals surface area contributed by atoms with Crippen molar-refractivity contribution in [3.63, 3.8) is 0 Å². The predicted octanol–water partition coefficient (Wildman–Crippen LogP) is 3.03. The normalized spacial score (nSPS) is 11.7. The van der Waals surface area contributed by atoms with Crippen LogP contribution in [0.1, 0.15) is 32.5 Å². The average Bonchev–Trinajstić information content (AvgIpc) is 3.00. The Morgan fingerprint density at radius 3 is 2.33 bits per heavy atom. The van der Waals surface area contributed by atoms with E-state index in [0.717, 1.165) is 4.68 Å². The van der Waals surface area contributed by atoms with Crippen molar-refractivity contribution in [2.45, 2.75) is 6.04 Å². The topological polar surface area (TPSA) is 148 Å². The maximum Gasteiger partial charge on any atom is 0.357 e. The second kappa shape index (κ2) is 8.56. The number of hydrogen-bond donors (Lipinski definition) is 4. The molecule has 11 heteroatoms. The van der Waals surface area contributed by atoms with Crippen LogP contribution in [0.4, 0.5) is 5.82 Å². The molecule has 0 aliphatic heterocycles. The first-order chi connectivity index (χ1) is 14.2. The first-order valence-corrected chi connectivity index (χ1v) is 9.53. The molecule has 3 aromatic rings. The molecule has 9 nitrogen and oxygen atoms in total. The molecule has 1 atom stereocenters. The van der Waals surface area contributed by atoms with E-state index in [0.29, 0.717) is 5.56 Å². The van der Waals surface area contributed by atoms with Gasteiger partial charge in [0.15, 0.2) is 11.7 Å². The molecule has 30 heavy (non-hydrogen) atoms. The summed E-state index contributed by atoms with van der Waals surface area (Å²) in [6, 6.07) is 10.5. The molecule has 0 saturated carbocycles. The number of anilines is 1. The van der Waals surface area contributed by atoms with Crippen molar-refractivity contribution < 1.29 is 24.6 Å². The van der Waals surface area contributed by atoms with E-state index in [1.54, 1.807) is 12.1 Å². The van der Waals surface area contributed by atoms with Gasteiger partial charge in [0.25, 0.3) is 5.91 Å². The maximum atomic E-state index is 12.7. The largest absolute Gasteiger partial charge is 0.508 e. The summed E-state index contributed by atoms with van der Waals surface area (Å²) in [4.78, 5) is 36.6. The van der Waals surface area contributed by atoms with Crippen LogP contribution >= 0.6 is 27.5 Å². The fourth-order valence-electron chi connectivity index (χ4n) is 2.75. The zero-order valence-corrected chi connectivity index (χ0v) is 17.4. The summed E-state index contributed by atoms with van der Waals surface area (Å²) in [5.41, 5.74) is 5.57. The lowest BCUT2D eigenvalue weighted by molar-refractivity contribution is -0.120. The highest BCUT2D eigenvalue weighted by molar-refractivity contribution is 9.10. The van der Waals surface area contributed by atoms with Gasteiger partial charge < -0.3 is 21.3 Å². The van der Waals surface area contributed by atoms with E-state index in [1.807, 2.05) is 0 Å². The number of rotatable bonds is 6. The summed E-state index contributed by atoms with van der Waals surface area (Å²) >= 11 is 9.18. The Morgan fingerprint density at radius 1 is 1.13 bits per heavy atom. The van der Waals surface area contributed by atoms with Crippen LogP contribution in [-0.2, 0) is 4.79 Å². The van der Waals surface area contributed by atoms with E-state index in [1.165, 1.54) is 36.4 Å². The summed E-state index contributed by atoms with van der Waals surface area (Å²) < 4.78 is 0.942. The second-order valence-corrected chi connectivity index (χ2v) is 7.29. The summed E-state index contributed by atoms with van der Waals surface area (Å²) in [6.45, 7) is 0. The van der Waals surface area contributed by atoms with Gasteiger partial charge in [0.05, 0.1) is 15.1 Å². The number of aromatic hydroxyl groups is 1. The van der Waals surface area contributed by atoms with Gasteiger partial charge in [-0.1, -0.05) is 35.9 Å². The number of phenols is 1. The van der Waals surface area contributed by atoms with Gasteiger partial charge in [-0.25, -0.2) is 9.48 Å². The van der Waals surface area contributed by atoms with E-state index >= 15 is 0 Å². The number of amides is 2. The fourth-order valence-corrected chi connectivity index (χ4v) is 3.50. The quantitative estimate of drug-likeness (QED) is 0.415. The van der Waals surface area contributed by atoms with Crippen molar-refractivity contribution in [2.75, 3.05) is 5.32 Å². The van der Waals surface area contributed by atoms with E-state index < -0.39 is 29.5 Å². The molecule has 0 saturated heterocycles. The third-order valence-corrected chi connectivity index (χ3v) is 5.21. The highest BCUT2D eigenvalue weighted by Crippen LogP contribution is 2.33. The molecule has 2 amide bonds. The average molecular weight is 494 g/mol. The molecule has 1 unspecified atom stereocenters. The lowest BCUT2D eigenvalue weighted by atomic mass is 10.1. The summed E-state index contributed by atoms with van der Waals surface area (Å²) in [5, 5.41) is 25.6. The maximum absolute atomic E-state index is 12.7. The molecule has 1 aromatic heterocycles. The molecular formula is C19H14BrClN4O5. The van der Waals surface area contributed by atoms with Crippen LogP contribution in [0.3, 0.4) is 0 Å². The summed E-state index contributed by atoms with van der Waals surface area (Å²) in [5.74, 6) is -3.03. The van der Waals surface area contributed by atoms with Crippen molar-refractivity contribution in [2.24, 2.45) is 5.73 Å². The number of carbonyl (C=O) groups is 3. The smallest absolute Gasteiger partial charge is 0.357 e. The highest BCUT2D eigenvalue weighted by atomic mass is 79.9. The Balaban J connectivity index is 2.14. The van der Waals surface area contributed by atoms with E-state index in [-0.39, 0.29) is 26.6 Å². The molecule has 0 fully saturated rings. The van der Waals surface area contributed by atoms with Crippen LogP contribution in [0.25, 0.3) is 0 Å². The first kappa shape index (κ1) is 21.3. The van der Waals surface area contributed by atoms with Gasteiger partial charge in [-0.15, -0.1) is 0 Å². The van der Waals surface area contributed by atoms with E-state index in [9.17, 15) is 24.6 Å². The number of halogens is 2. The molecule has 2 aromatic carbocycles. The molecule has 0 bridgehead atoms. The minimum atomic E-state index is -1.39. The van der Waals surface area contributed by atoms with Crippen molar-refractivity contribution in [3.8, 4) is 5.75 Å². The third-order valence-electron chi connectivity index (χ3n) is 4.13. The fraction of sp³-hybridized carbons (Fsp3) is 0.0526. The van der Waals surface area contributed by atoms with E-state index in [4.69, 9.17) is 17.3 Å².